The first kappa shape index (κ1) is 15.1. The molecule has 21 heavy (non-hydrogen) atoms. The summed E-state index contributed by atoms with van der Waals surface area (Å²) in [6.45, 7) is 0.0951. The summed E-state index contributed by atoms with van der Waals surface area (Å²) in [6.07, 6.45) is 0. The molecule has 0 fully saturated rings. The van der Waals surface area contributed by atoms with Gasteiger partial charge >= 0.3 is 0 Å². The standard InChI is InChI=1S/C14H14FN3O2S/c15-12-5-7-13(8-6-12)21(19,20)18-9-10-1-3-11(4-2-10)14(16)17/h1-8,18H,9H2,(H3,16,17). The van der Waals surface area contributed by atoms with Crippen molar-refractivity contribution in [2.75, 3.05) is 0 Å². The molecule has 0 unspecified atom stereocenters. The Kier molecular flexibility index (Phi) is 4.35. The van der Waals surface area contributed by atoms with E-state index in [2.05, 4.69) is 4.72 Å². The van der Waals surface area contributed by atoms with Crippen molar-refractivity contribution in [2.24, 2.45) is 5.73 Å². The van der Waals surface area contributed by atoms with Crippen molar-refractivity contribution in [3.8, 4) is 0 Å². The molecule has 4 N–H and O–H groups in total. The molecule has 0 amide bonds. The predicted molar refractivity (Wildman–Crippen MR) is 77.9 cm³/mol. The molecule has 0 bridgehead atoms. The van der Waals surface area contributed by atoms with Crippen LogP contribution in [0.15, 0.2) is 53.4 Å². The van der Waals surface area contributed by atoms with Crippen molar-refractivity contribution >= 4 is 15.9 Å². The number of rotatable bonds is 5. The first-order chi connectivity index (χ1) is 9.88. The lowest BCUT2D eigenvalue weighted by Crippen LogP contribution is -2.23. The van der Waals surface area contributed by atoms with Crippen LogP contribution in [0.2, 0.25) is 0 Å². The number of nitrogens with two attached hydrogens (primary N) is 1. The molecule has 0 aliphatic rings. The van der Waals surface area contributed by atoms with Gasteiger partial charge in [0.2, 0.25) is 10.0 Å². The van der Waals surface area contributed by atoms with Gasteiger partial charge in [-0.2, -0.15) is 0 Å². The van der Waals surface area contributed by atoms with Gasteiger partial charge in [0.1, 0.15) is 11.7 Å². The molecule has 2 rings (SSSR count). The second kappa shape index (κ2) is 6.02. The van der Waals surface area contributed by atoms with Crippen LogP contribution in [-0.4, -0.2) is 14.3 Å². The Balaban J connectivity index is 2.08. The minimum atomic E-state index is -3.69. The Morgan fingerprint density at radius 3 is 2.19 bits per heavy atom. The first-order valence-corrected chi connectivity index (χ1v) is 7.55. The number of hydrogen-bond donors (Lipinski definition) is 3. The SMILES string of the molecule is N=C(N)c1ccc(CNS(=O)(=O)c2ccc(F)cc2)cc1. The predicted octanol–water partition coefficient (Wildman–Crippen LogP) is 1.59. The van der Waals surface area contributed by atoms with Crippen molar-refractivity contribution < 1.29 is 12.8 Å². The third-order valence-electron chi connectivity index (χ3n) is 2.86. The highest BCUT2D eigenvalue weighted by molar-refractivity contribution is 7.89. The van der Waals surface area contributed by atoms with Crippen LogP contribution < -0.4 is 10.5 Å². The molecule has 7 heteroatoms. The fraction of sp³-hybridized carbons (Fsp3) is 0.0714. The number of nitrogens with one attached hydrogen (secondary N) is 2. The molecule has 0 aliphatic heterocycles. The fourth-order valence-electron chi connectivity index (χ4n) is 1.68. The van der Waals surface area contributed by atoms with E-state index >= 15 is 0 Å². The van der Waals surface area contributed by atoms with E-state index in [0.717, 1.165) is 17.7 Å². The summed E-state index contributed by atoms with van der Waals surface area (Å²) >= 11 is 0. The lowest BCUT2D eigenvalue weighted by molar-refractivity contribution is 0.580. The Hall–Kier alpha value is -2.25. The fourth-order valence-corrected chi connectivity index (χ4v) is 2.70. The molecular formula is C14H14FN3O2S. The number of amidine groups is 1. The summed E-state index contributed by atoms with van der Waals surface area (Å²) < 4.78 is 39.2. The van der Waals surface area contributed by atoms with E-state index in [-0.39, 0.29) is 17.3 Å². The van der Waals surface area contributed by atoms with Gasteiger partial charge in [-0.25, -0.2) is 17.5 Å². The van der Waals surface area contributed by atoms with Crippen LogP contribution >= 0.6 is 0 Å². The summed E-state index contributed by atoms with van der Waals surface area (Å²) in [7, 11) is -3.69. The second-order valence-corrected chi connectivity index (χ2v) is 6.16. The van der Waals surface area contributed by atoms with Crippen molar-refractivity contribution in [1.82, 2.24) is 4.72 Å². The molecule has 0 atom stereocenters. The van der Waals surface area contributed by atoms with Crippen LogP contribution in [0.4, 0.5) is 4.39 Å². The Labute approximate surface area is 122 Å². The third-order valence-corrected chi connectivity index (χ3v) is 4.27. The van der Waals surface area contributed by atoms with E-state index in [1.807, 2.05) is 0 Å². The average Bonchev–Trinajstić information content (AvgIpc) is 2.46. The molecular weight excluding hydrogens is 293 g/mol. The van der Waals surface area contributed by atoms with Crippen molar-refractivity contribution in [3.05, 3.63) is 65.5 Å². The highest BCUT2D eigenvalue weighted by atomic mass is 32.2. The molecule has 0 radical (unpaired) electrons. The van der Waals surface area contributed by atoms with Crippen molar-refractivity contribution in [1.29, 1.82) is 5.41 Å². The van der Waals surface area contributed by atoms with Gasteiger partial charge in [-0.3, -0.25) is 5.41 Å². The van der Waals surface area contributed by atoms with E-state index in [1.165, 1.54) is 12.1 Å². The van der Waals surface area contributed by atoms with E-state index in [1.54, 1.807) is 24.3 Å². The Morgan fingerprint density at radius 1 is 1.10 bits per heavy atom. The van der Waals surface area contributed by atoms with Crippen LogP contribution in [0.25, 0.3) is 0 Å². The second-order valence-electron chi connectivity index (χ2n) is 4.39. The zero-order chi connectivity index (χ0) is 15.5. The molecule has 2 aromatic rings. The van der Waals surface area contributed by atoms with E-state index in [9.17, 15) is 12.8 Å². The van der Waals surface area contributed by atoms with Gasteiger partial charge in [0.15, 0.2) is 0 Å². The summed E-state index contributed by atoms with van der Waals surface area (Å²) in [5, 5.41) is 7.27. The number of nitrogen functional groups attached to an aromatic ring is 1. The summed E-state index contributed by atoms with van der Waals surface area (Å²) in [6, 6.07) is 11.3. The maximum Gasteiger partial charge on any atom is 0.240 e. The van der Waals surface area contributed by atoms with Crippen LogP contribution in [-0.2, 0) is 16.6 Å². The smallest absolute Gasteiger partial charge is 0.240 e. The van der Waals surface area contributed by atoms with Crippen molar-refractivity contribution in [2.45, 2.75) is 11.4 Å². The van der Waals surface area contributed by atoms with E-state index in [0.29, 0.717) is 5.56 Å². The summed E-state index contributed by atoms with van der Waals surface area (Å²) in [5.41, 5.74) is 6.63. The van der Waals surface area contributed by atoms with Gasteiger partial charge in [-0.15, -0.1) is 0 Å². The Bertz CT molecular complexity index is 741. The number of hydrogen-bond acceptors (Lipinski definition) is 3. The molecule has 5 nitrogen and oxygen atoms in total. The van der Waals surface area contributed by atoms with E-state index in [4.69, 9.17) is 11.1 Å². The quantitative estimate of drug-likeness (QED) is 0.578. The van der Waals surface area contributed by atoms with Crippen molar-refractivity contribution in [3.63, 3.8) is 0 Å². The lowest BCUT2D eigenvalue weighted by atomic mass is 10.1. The van der Waals surface area contributed by atoms with Crippen LogP contribution in [0.5, 0.6) is 0 Å². The first-order valence-electron chi connectivity index (χ1n) is 6.07. The maximum absolute atomic E-state index is 12.8. The maximum atomic E-state index is 12.8. The van der Waals surface area contributed by atoms with Gasteiger partial charge in [-0.05, 0) is 29.8 Å². The molecule has 0 heterocycles. The summed E-state index contributed by atoms with van der Waals surface area (Å²) in [4.78, 5) is 0.00394. The molecule has 0 aliphatic carbocycles. The molecule has 0 saturated heterocycles. The average molecular weight is 307 g/mol. The van der Waals surface area contributed by atoms with E-state index < -0.39 is 15.8 Å². The minimum absolute atomic E-state index is 0.00394. The minimum Gasteiger partial charge on any atom is -0.384 e. The van der Waals surface area contributed by atoms with Gasteiger partial charge in [0, 0.05) is 12.1 Å². The van der Waals surface area contributed by atoms with Crippen LogP contribution in [0.1, 0.15) is 11.1 Å². The normalized spacial score (nSPS) is 11.3. The zero-order valence-corrected chi connectivity index (χ0v) is 11.8. The van der Waals surface area contributed by atoms with Gasteiger partial charge < -0.3 is 5.73 Å². The monoisotopic (exact) mass is 307 g/mol. The molecule has 2 aromatic carbocycles. The van der Waals surface area contributed by atoms with Gasteiger partial charge in [0.25, 0.3) is 0 Å². The molecule has 110 valence electrons. The number of halogens is 1. The summed E-state index contributed by atoms with van der Waals surface area (Å²) in [5.74, 6) is -0.540. The Morgan fingerprint density at radius 2 is 1.67 bits per heavy atom. The van der Waals surface area contributed by atoms with Gasteiger partial charge in [-0.1, -0.05) is 24.3 Å². The van der Waals surface area contributed by atoms with Gasteiger partial charge in [0.05, 0.1) is 4.90 Å². The number of benzene rings is 2. The lowest BCUT2D eigenvalue weighted by Gasteiger charge is -2.07. The zero-order valence-electron chi connectivity index (χ0n) is 11.0. The van der Waals surface area contributed by atoms with Crippen LogP contribution in [0, 0.1) is 11.2 Å². The number of sulfonamides is 1. The molecule has 0 aromatic heterocycles. The molecule has 0 saturated carbocycles. The largest absolute Gasteiger partial charge is 0.384 e. The van der Waals surface area contributed by atoms with Crippen LogP contribution in [0.3, 0.4) is 0 Å². The highest BCUT2D eigenvalue weighted by Crippen LogP contribution is 2.11. The topological polar surface area (TPSA) is 96.0 Å². The molecule has 0 spiro atoms. The third kappa shape index (κ3) is 3.87. The highest BCUT2D eigenvalue weighted by Gasteiger charge is 2.13.